The lowest BCUT2D eigenvalue weighted by Crippen LogP contribution is -2.20. The molecular weight excluding hydrogens is 405 g/mol. The predicted molar refractivity (Wildman–Crippen MR) is 108 cm³/mol. The number of nitrogens with one attached hydrogen (secondary N) is 1. The molecule has 3 aromatic rings. The summed E-state index contributed by atoms with van der Waals surface area (Å²) in [6, 6.07) is 12.1. The fourth-order valence-corrected chi connectivity index (χ4v) is 3.52. The smallest absolute Gasteiger partial charge is 0.266 e. The summed E-state index contributed by atoms with van der Waals surface area (Å²) in [6.45, 7) is 1.38. The van der Waals surface area contributed by atoms with Crippen molar-refractivity contribution >= 4 is 45.8 Å². The van der Waals surface area contributed by atoms with Gasteiger partial charge >= 0.3 is 0 Å². The molecule has 1 atom stereocenters. The highest BCUT2D eigenvalue weighted by Gasteiger charge is 2.22. The molecule has 3 rings (SSSR count). The van der Waals surface area contributed by atoms with Crippen molar-refractivity contribution < 1.29 is 17.9 Å². The van der Waals surface area contributed by atoms with Crippen molar-refractivity contribution in [1.82, 2.24) is 4.98 Å². The van der Waals surface area contributed by atoms with Gasteiger partial charge in [-0.1, -0.05) is 29.8 Å². The van der Waals surface area contributed by atoms with Gasteiger partial charge in [0.15, 0.2) is 0 Å². The second-order valence-electron chi connectivity index (χ2n) is 5.79. The van der Waals surface area contributed by atoms with Crippen LogP contribution in [-0.2, 0) is 16.1 Å². The molecule has 0 spiro atoms. The third-order valence-electron chi connectivity index (χ3n) is 3.78. The molecule has 28 heavy (non-hydrogen) atoms. The van der Waals surface area contributed by atoms with Gasteiger partial charge in [-0.3, -0.25) is 14.3 Å². The Morgan fingerprint density at radius 1 is 1.14 bits per heavy atom. The summed E-state index contributed by atoms with van der Waals surface area (Å²) in [7, 11) is 0. The highest BCUT2D eigenvalue weighted by molar-refractivity contribution is 7.81. The Hall–Kier alpha value is -2.81. The minimum absolute atomic E-state index is 0.0903. The van der Waals surface area contributed by atoms with Gasteiger partial charge in [0.2, 0.25) is 5.91 Å². The van der Waals surface area contributed by atoms with Crippen molar-refractivity contribution in [1.29, 1.82) is 0 Å². The van der Waals surface area contributed by atoms with Gasteiger partial charge in [0, 0.05) is 18.7 Å². The Bertz CT molecular complexity index is 1060. The molecule has 0 saturated heterocycles. The molecule has 1 unspecified atom stereocenters. The molecule has 0 fully saturated rings. The van der Waals surface area contributed by atoms with Gasteiger partial charge < -0.3 is 5.32 Å². The first-order chi connectivity index (χ1) is 13.4. The van der Waals surface area contributed by atoms with Crippen LogP contribution >= 0.6 is 11.6 Å². The van der Waals surface area contributed by atoms with Gasteiger partial charge in [-0.2, -0.15) is 0 Å². The van der Waals surface area contributed by atoms with Crippen molar-refractivity contribution in [3.8, 4) is 11.1 Å². The number of aromatic nitrogens is 1. The Labute approximate surface area is 168 Å². The Kier molecular flexibility index (Phi) is 6.03. The van der Waals surface area contributed by atoms with Crippen molar-refractivity contribution in [3.05, 3.63) is 71.8 Å². The maximum atomic E-state index is 14.2. The van der Waals surface area contributed by atoms with Gasteiger partial charge in [-0.15, -0.1) is 0 Å². The standard InChI is InChI=1S/C19H15ClFN3O3S/c1-12(25)23-15-8-14(10-22-11-15)13-6-7-16(20)19(9-13)24(28(26)27)18-5-3-2-4-17(18)21/h2-11H,1H3,(H,23,25)(H,26,27). The predicted octanol–water partition coefficient (Wildman–Crippen LogP) is 4.77. The topological polar surface area (TPSA) is 82.5 Å². The van der Waals surface area contributed by atoms with Gasteiger partial charge in [-0.25, -0.2) is 12.9 Å². The highest BCUT2D eigenvalue weighted by Crippen LogP contribution is 2.37. The Balaban J connectivity index is 2.10. The summed E-state index contributed by atoms with van der Waals surface area (Å²) in [5.74, 6) is -0.905. The maximum Gasteiger partial charge on any atom is 0.266 e. The first kappa shape index (κ1) is 19.9. The molecule has 0 aliphatic carbocycles. The number of hydrogen-bond acceptors (Lipinski definition) is 3. The summed E-state index contributed by atoms with van der Waals surface area (Å²) >= 11 is 3.68. The van der Waals surface area contributed by atoms with Crippen LogP contribution in [0.4, 0.5) is 21.5 Å². The van der Waals surface area contributed by atoms with E-state index in [9.17, 15) is 17.9 Å². The van der Waals surface area contributed by atoms with E-state index in [1.54, 1.807) is 30.5 Å². The normalized spacial score (nSPS) is 11.7. The van der Waals surface area contributed by atoms with E-state index in [2.05, 4.69) is 10.3 Å². The van der Waals surface area contributed by atoms with E-state index < -0.39 is 17.1 Å². The number of nitrogens with zero attached hydrogens (tertiary/aromatic N) is 2. The molecule has 6 nitrogen and oxygen atoms in total. The summed E-state index contributed by atoms with van der Waals surface area (Å²) < 4.78 is 36.9. The van der Waals surface area contributed by atoms with E-state index in [1.807, 2.05) is 0 Å². The zero-order chi connectivity index (χ0) is 20.3. The van der Waals surface area contributed by atoms with Crippen LogP contribution < -0.4 is 9.62 Å². The van der Waals surface area contributed by atoms with E-state index in [0.717, 1.165) is 4.31 Å². The maximum absolute atomic E-state index is 14.2. The van der Waals surface area contributed by atoms with Crippen LogP contribution in [0.25, 0.3) is 11.1 Å². The molecule has 1 amide bonds. The molecular formula is C19H15ClFN3O3S. The minimum atomic E-state index is -2.57. The SMILES string of the molecule is CC(=O)Nc1cncc(-c2ccc(Cl)c(N(c3ccccc3F)S(=O)O)c2)c1. The quantitative estimate of drug-likeness (QED) is 0.583. The average Bonchev–Trinajstić information content (AvgIpc) is 2.64. The number of halogens is 2. The number of carbonyl (C=O) groups excluding carboxylic acids is 1. The number of para-hydroxylation sites is 1. The summed E-state index contributed by atoms with van der Waals surface area (Å²) in [5, 5.41) is 2.81. The van der Waals surface area contributed by atoms with Crippen LogP contribution in [0.1, 0.15) is 6.92 Å². The largest absolute Gasteiger partial charge is 0.325 e. The van der Waals surface area contributed by atoms with E-state index >= 15 is 0 Å². The number of carbonyl (C=O) groups is 1. The monoisotopic (exact) mass is 419 g/mol. The van der Waals surface area contributed by atoms with Crippen LogP contribution in [0.3, 0.4) is 0 Å². The van der Waals surface area contributed by atoms with E-state index in [1.165, 1.54) is 37.4 Å². The van der Waals surface area contributed by atoms with Crippen LogP contribution in [0, 0.1) is 5.82 Å². The van der Waals surface area contributed by atoms with Crippen molar-refractivity contribution in [2.75, 3.05) is 9.62 Å². The van der Waals surface area contributed by atoms with E-state index in [4.69, 9.17) is 11.6 Å². The number of benzene rings is 2. The third kappa shape index (κ3) is 4.36. The minimum Gasteiger partial charge on any atom is -0.325 e. The van der Waals surface area contributed by atoms with Gasteiger partial charge in [0.25, 0.3) is 11.3 Å². The number of rotatable bonds is 5. The van der Waals surface area contributed by atoms with Crippen molar-refractivity contribution in [3.63, 3.8) is 0 Å². The Morgan fingerprint density at radius 2 is 1.89 bits per heavy atom. The van der Waals surface area contributed by atoms with Crippen LogP contribution in [0.2, 0.25) is 5.02 Å². The highest BCUT2D eigenvalue weighted by atomic mass is 35.5. The fourth-order valence-electron chi connectivity index (χ4n) is 2.63. The first-order valence-corrected chi connectivity index (χ1v) is 9.49. The molecule has 1 aromatic heterocycles. The molecule has 2 N–H and O–H groups in total. The Morgan fingerprint density at radius 3 is 2.57 bits per heavy atom. The fraction of sp³-hybridized carbons (Fsp3) is 0.0526. The summed E-state index contributed by atoms with van der Waals surface area (Å²) in [6.07, 6.45) is 3.07. The van der Waals surface area contributed by atoms with Crippen LogP contribution in [-0.4, -0.2) is 19.7 Å². The number of hydrogen-bond donors (Lipinski definition) is 2. The molecule has 2 aromatic carbocycles. The lowest BCUT2D eigenvalue weighted by atomic mass is 10.1. The molecule has 0 bridgehead atoms. The third-order valence-corrected chi connectivity index (χ3v) is 4.81. The van der Waals surface area contributed by atoms with E-state index in [0.29, 0.717) is 16.8 Å². The molecule has 0 radical (unpaired) electrons. The van der Waals surface area contributed by atoms with Gasteiger partial charge in [0.05, 0.1) is 28.3 Å². The molecule has 0 saturated carbocycles. The second kappa shape index (κ2) is 8.47. The lowest BCUT2D eigenvalue weighted by molar-refractivity contribution is -0.114. The lowest BCUT2D eigenvalue weighted by Gasteiger charge is -2.22. The zero-order valence-electron chi connectivity index (χ0n) is 14.6. The molecule has 0 aliphatic heterocycles. The zero-order valence-corrected chi connectivity index (χ0v) is 16.2. The van der Waals surface area contributed by atoms with Crippen LogP contribution in [0.15, 0.2) is 60.9 Å². The van der Waals surface area contributed by atoms with Crippen molar-refractivity contribution in [2.24, 2.45) is 0 Å². The number of anilines is 3. The molecule has 0 aliphatic rings. The second-order valence-corrected chi connectivity index (χ2v) is 7.02. The first-order valence-electron chi connectivity index (χ1n) is 8.05. The van der Waals surface area contributed by atoms with Gasteiger partial charge in [0.1, 0.15) is 5.82 Å². The number of pyridine rings is 1. The number of amides is 1. The molecule has 144 valence electrons. The average molecular weight is 420 g/mol. The van der Waals surface area contributed by atoms with Crippen molar-refractivity contribution in [2.45, 2.75) is 6.92 Å². The van der Waals surface area contributed by atoms with Crippen LogP contribution in [0.5, 0.6) is 0 Å². The van der Waals surface area contributed by atoms with E-state index in [-0.39, 0.29) is 22.3 Å². The van der Waals surface area contributed by atoms with Gasteiger partial charge in [-0.05, 0) is 35.9 Å². The summed E-state index contributed by atoms with van der Waals surface area (Å²) in [5.41, 5.74) is 1.81. The summed E-state index contributed by atoms with van der Waals surface area (Å²) in [4.78, 5) is 15.3. The molecule has 1 heterocycles. The molecule has 9 heteroatoms.